The number of ether oxygens (including phenoxy) is 1. The van der Waals surface area contributed by atoms with E-state index in [-0.39, 0.29) is 5.15 Å². The third kappa shape index (κ3) is 2.33. The van der Waals surface area contributed by atoms with Crippen molar-refractivity contribution in [2.75, 3.05) is 7.11 Å². The van der Waals surface area contributed by atoms with Crippen LogP contribution in [0, 0.1) is 0 Å². The average molecular weight is 238 g/mol. The van der Waals surface area contributed by atoms with Gasteiger partial charge in [0, 0.05) is 0 Å². The van der Waals surface area contributed by atoms with Crippen LogP contribution in [0.1, 0.15) is 22.3 Å². The molecule has 0 radical (unpaired) electrons. The SMILES string of the molecule is COc1nc(Cl)cc(C(=O)O)c1C(F)F. The summed E-state index contributed by atoms with van der Waals surface area (Å²) in [5.41, 5.74) is -1.38. The van der Waals surface area contributed by atoms with E-state index in [1.54, 1.807) is 0 Å². The number of aromatic nitrogens is 1. The minimum Gasteiger partial charge on any atom is -0.481 e. The van der Waals surface area contributed by atoms with E-state index in [9.17, 15) is 13.6 Å². The molecule has 1 heterocycles. The van der Waals surface area contributed by atoms with Crippen LogP contribution in [0.4, 0.5) is 8.78 Å². The maximum absolute atomic E-state index is 12.5. The molecule has 1 aromatic heterocycles. The average Bonchev–Trinajstić information content (AvgIpc) is 2.15. The second-order valence-corrected chi connectivity index (χ2v) is 2.91. The minimum absolute atomic E-state index is 0.214. The van der Waals surface area contributed by atoms with Crippen LogP contribution in [-0.2, 0) is 0 Å². The molecule has 0 saturated carbocycles. The number of methoxy groups -OCH3 is 1. The van der Waals surface area contributed by atoms with Gasteiger partial charge >= 0.3 is 5.97 Å². The van der Waals surface area contributed by atoms with Gasteiger partial charge in [-0.05, 0) is 6.07 Å². The lowest BCUT2D eigenvalue weighted by Crippen LogP contribution is -2.07. The topological polar surface area (TPSA) is 59.4 Å². The molecule has 0 fully saturated rings. The molecule has 15 heavy (non-hydrogen) atoms. The summed E-state index contributed by atoms with van der Waals surface area (Å²) < 4.78 is 29.6. The van der Waals surface area contributed by atoms with E-state index in [2.05, 4.69) is 9.72 Å². The fraction of sp³-hybridized carbons (Fsp3) is 0.250. The zero-order valence-electron chi connectivity index (χ0n) is 7.50. The first-order valence-corrected chi connectivity index (χ1v) is 4.11. The summed E-state index contributed by atoms with van der Waals surface area (Å²) in [4.78, 5) is 14.1. The molecule has 7 heteroatoms. The van der Waals surface area contributed by atoms with Gasteiger partial charge in [0.25, 0.3) is 6.43 Å². The molecule has 1 N–H and O–H groups in total. The van der Waals surface area contributed by atoms with Crippen molar-refractivity contribution in [3.8, 4) is 5.88 Å². The molecule has 0 aromatic carbocycles. The highest BCUT2D eigenvalue weighted by Crippen LogP contribution is 2.32. The predicted octanol–water partition coefficient (Wildman–Crippen LogP) is 2.38. The first-order chi connectivity index (χ1) is 6.97. The van der Waals surface area contributed by atoms with E-state index in [1.165, 1.54) is 0 Å². The number of carboxylic acid groups (broad SMARTS) is 1. The van der Waals surface area contributed by atoms with E-state index in [0.29, 0.717) is 0 Å². The van der Waals surface area contributed by atoms with Gasteiger partial charge in [-0.3, -0.25) is 0 Å². The van der Waals surface area contributed by atoms with Crippen LogP contribution in [0.3, 0.4) is 0 Å². The van der Waals surface area contributed by atoms with Crippen molar-refractivity contribution in [1.29, 1.82) is 0 Å². The highest BCUT2D eigenvalue weighted by Gasteiger charge is 2.25. The summed E-state index contributed by atoms with van der Waals surface area (Å²) in [6.07, 6.45) is -2.99. The lowest BCUT2D eigenvalue weighted by atomic mass is 10.1. The van der Waals surface area contributed by atoms with Crippen molar-refractivity contribution in [2.24, 2.45) is 0 Å². The summed E-state index contributed by atoms with van der Waals surface area (Å²) in [5.74, 6) is -1.98. The molecule has 0 aliphatic heterocycles. The largest absolute Gasteiger partial charge is 0.481 e. The number of nitrogens with zero attached hydrogens (tertiary/aromatic N) is 1. The quantitative estimate of drug-likeness (QED) is 0.820. The maximum Gasteiger partial charge on any atom is 0.336 e. The lowest BCUT2D eigenvalue weighted by molar-refractivity contribution is 0.0682. The predicted molar refractivity (Wildman–Crippen MR) is 47.7 cm³/mol. The number of carboxylic acids is 1. The van der Waals surface area contributed by atoms with Gasteiger partial charge in [0.1, 0.15) is 5.15 Å². The lowest BCUT2D eigenvalue weighted by Gasteiger charge is -2.09. The molecule has 4 nitrogen and oxygen atoms in total. The molecular weight excluding hydrogens is 232 g/mol. The normalized spacial score (nSPS) is 10.5. The van der Waals surface area contributed by atoms with Crippen molar-refractivity contribution >= 4 is 17.6 Å². The third-order valence-corrected chi connectivity index (χ3v) is 1.83. The number of hydrogen-bond acceptors (Lipinski definition) is 3. The van der Waals surface area contributed by atoms with E-state index in [4.69, 9.17) is 16.7 Å². The Morgan fingerprint density at radius 1 is 1.67 bits per heavy atom. The monoisotopic (exact) mass is 237 g/mol. The molecular formula is C8H6ClF2NO3. The van der Waals surface area contributed by atoms with Gasteiger partial charge in [-0.15, -0.1) is 0 Å². The second kappa shape index (κ2) is 4.39. The van der Waals surface area contributed by atoms with Gasteiger partial charge in [0.2, 0.25) is 5.88 Å². The Bertz CT molecular complexity index is 398. The number of carbonyl (C=O) groups is 1. The Morgan fingerprint density at radius 3 is 2.67 bits per heavy atom. The van der Waals surface area contributed by atoms with Crippen LogP contribution < -0.4 is 4.74 Å². The Balaban J connectivity index is 3.47. The van der Waals surface area contributed by atoms with E-state index in [1.807, 2.05) is 0 Å². The molecule has 0 aliphatic carbocycles. The van der Waals surface area contributed by atoms with Crippen molar-refractivity contribution in [1.82, 2.24) is 4.98 Å². The molecule has 0 unspecified atom stereocenters. The molecule has 0 bridgehead atoms. The zero-order valence-corrected chi connectivity index (χ0v) is 8.26. The van der Waals surface area contributed by atoms with Crippen LogP contribution in [-0.4, -0.2) is 23.2 Å². The molecule has 82 valence electrons. The molecule has 0 spiro atoms. The molecule has 0 amide bonds. The first kappa shape index (κ1) is 11.6. The van der Waals surface area contributed by atoms with E-state index >= 15 is 0 Å². The highest BCUT2D eigenvalue weighted by atomic mass is 35.5. The highest BCUT2D eigenvalue weighted by molar-refractivity contribution is 6.29. The number of rotatable bonds is 3. The van der Waals surface area contributed by atoms with Gasteiger partial charge in [-0.1, -0.05) is 11.6 Å². The molecule has 1 rings (SSSR count). The zero-order chi connectivity index (χ0) is 11.6. The van der Waals surface area contributed by atoms with Crippen LogP contribution in [0.25, 0.3) is 0 Å². The number of halogens is 3. The third-order valence-electron chi connectivity index (χ3n) is 1.63. The standard InChI is InChI=1S/C8H6ClF2NO3/c1-15-7-5(6(10)11)3(8(13)14)2-4(9)12-7/h2,6H,1H3,(H,13,14). The van der Waals surface area contributed by atoms with Gasteiger partial charge in [0.05, 0.1) is 18.2 Å². The Kier molecular flexibility index (Phi) is 3.41. The molecule has 1 aromatic rings. The number of aromatic carboxylic acids is 1. The van der Waals surface area contributed by atoms with Gasteiger partial charge in [0.15, 0.2) is 0 Å². The maximum atomic E-state index is 12.5. The minimum atomic E-state index is -2.99. The Morgan fingerprint density at radius 2 is 2.27 bits per heavy atom. The van der Waals surface area contributed by atoms with E-state index < -0.39 is 29.4 Å². The summed E-state index contributed by atoms with van der Waals surface area (Å²) in [5, 5.41) is 8.47. The summed E-state index contributed by atoms with van der Waals surface area (Å²) in [7, 11) is 1.11. The molecule has 0 aliphatic rings. The second-order valence-electron chi connectivity index (χ2n) is 2.52. The van der Waals surface area contributed by atoms with Gasteiger partial charge < -0.3 is 9.84 Å². The Hall–Kier alpha value is -1.43. The van der Waals surface area contributed by atoms with Crippen LogP contribution >= 0.6 is 11.6 Å². The van der Waals surface area contributed by atoms with Gasteiger partial charge in [-0.25, -0.2) is 18.6 Å². The number of pyridine rings is 1. The molecule has 0 atom stereocenters. The summed E-state index contributed by atoms with van der Waals surface area (Å²) in [6.45, 7) is 0. The van der Waals surface area contributed by atoms with Crippen LogP contribution in [0.5, 0.6) is 5.88 Å². The van der Waals surface area contributed by atoms with Crippen LogP contribution in [0.15, 0.2) is 6.07 Å². The fourth-order valence-electron chi connectivity index (χ4n) is 1.04. The van der Waals surface area contributed by atoms with Crippen molar-refractivity contribution in [3.63, 3.8) is 0 Å². The fourth-order valence-corrected chi connectivity index (χ4v) is 1.23. The first-order valence-electron chi connectivity index (χ1n) is 3.73. The summed E-state index contributed by atoms with van der Waals surface area (Å²) >= 11 is 5.45. The van der Waals surface area contributed by atoms with Crippen LogP contribution in [0.2, 0.25) is 5.15 Å². The Labute approximate surface area is 88.4 Å². The van der Waals surface area contributed by atoms with Crippen molar-refractivity contribution in [2.45, 2.75) is 6.43 Å². The molecule has 0 saturated heterocycles. The number of hydrogen-bond donors (Lipinski definition) is 1. The summed E-state index contributed by atoms with van der Waals surface area (Å²) in [6, 6.07) is 0.855. The van der Waals surface area contributed by atoms with Crippen molar-refractivity contribution < 1.29 is 23.4 Å². The number of alkyl halides is 2. The van der Waals surface area contributed by atoms with E-state index in [0.717, 1.165) is 13.2 Å². The van der Waals surface area contributed by atoms with Gasteiger partial charge in [-0.2, -0.15) is 0 Å². The van der Waals surface area contributed by atoms with Crippen molar-refractivity contribution in [3.05, 3.63) is 22.3 Å². The smallest absolute Gasteiger partial charge is 0.336 e.